The van der Waals surface area contributed by atoms with E-state index in [0.29, 0.717) is 40.9 Å². The summed E-state index contributed by atoms with van der Waals surface area (Å²) in [6.07, 6.45) is 5.15. The minimum atomic E-state index is -0.544. The van der Waals surface area contributed by atoms with E-state index >= 15 is 0 Å². The lowest BCUT2D eigenvalue weighted by Gasteiger charge is -2.31. The van der Waals surface area contributed by atoms with Crippen molar-refractivity contribution in [3.8, 4) is 29.1 Å². The molecule has 0 atom stereocenters. The smallest absolute Gasteiger partial charge is 0.262 e. The van der Waals surface area contributed by atoms with Gasteiger partial charge in [0.15, 0.2) is 29.6 Å². The first-order valence-corrected chi connectivity index (χ1v) is 10.2. The van der Waals surface area contributed by atoms with Gasteiger partial charge in [-0.05, 0) is 44.0 Å². The molecule has 2 aromatic rings. The van der Waals surface area contributed by atoms with Crippen LogP contribution in [0.5, 0.6) is 23.0 Å². The Hall–Kier alpha value is -3.40. The fourth-order valence-corrected chi connectivity index (χ4v) is 3.77. The van der Waals surface area contributed by atoms with Gasteiger partial charge in [-0.3, -0.25) is 4.79 Å². The summed E-state index contributed by atoms with van der Waals surface area (Å²) in [6, 6.07) is 12.3. The van der Waals surface area contributed by atoms with E-state index < -0.39 is 5.79 Å². The van der Waals surface area contributed by atoms with Gasteiger partial charge in [-0.1, -0.05) is 6.42 Å². The van der Waals surface area contributed by atoms with Gasteiger partial charge in [0.1, 0.15) is 0 Å². The monoisotopic (exact) mass is 408 g/mol. The standard InChI is InChI=1S/C23H24N2O5/c1-2-27-20-12-16(14-24)6-8-18(20)28-15-22(26)25-17-7-9-19-21(13-17)30-23(29-19)10-4-3-5-11-23/h6-9,12-13H,2-5,10-11,15H2,1H3,(H,25,26). The summed E-state index contributed by atoms with van der Waals surface area (Å²) in [7, 11) is 0. The molecule has 4 rings (SSSR count). The zero-order valence-corrected chi connectivity index (χ0v) is 16.9. The molecule has 1 aliphatic heterocycles. The highest BCUT2D eigenvalue weighted by Crippen LogP contribution is 2.46. The predicted octanol–water partition coefficient (Wildman–Crippen LogP) is 4.41. The molecule has 1 N–H and O–H groups in total. The maximum atomic E-state index is 12.4. The average molecular weight is 408 g/mol. The van der Waals surface area contributed by atoms with Crippen molar-refractivity contribution < 1.29 is 23.7 Å². The van der Waals surface area contributed by atoms with Gasteiger partial charge in [-0.25, -0.2) is 0 Å². The summed E-state index contributed by atoms with van der Waals surface area (Å²) in [6.45, 7) is 2.08. The van der Waals surface area contributed by atoms with Gasteiger partial charge in [0, 0.05) is 30.7 Å². The van der Waals surface area contributed by atoms with Crippen molar-refractivity contribution in [2.24, 2.45) is 0 Å². The summed E-state index contributed by atoms with van der Waals surface area (Å²) in [5, 5.41) is 11.8. The lowest BCUT2D eigenvalue weighted by molar-refractivity contribution is -0.118. The van der Waals surface area contributed by atoms with Crippen LogP contribution in [0.1, 0.15) is 44.6 Å². The number of carbonyl (C=O) groups excluding carboxylic acids is 1. The van der Waals surface area contributed by atoms with Crippen LogP contribution in [-0.4, -0.2) is 24.9 Å². The van der Waals surface area contributed by atoms with Crippen molar-refractivity contribution in [2.45, 2.75) is 44.8 Å². The number of benzene rings is 2. The number of nitrogens with zero attached hydrogens (tertiary/aromatic N) is 1. The summed E-state index contributed by atoms with van der Waals surface area (Å²) >= 11 is 0. The number of hydrogen-bond donors (Lipinski definition) is 1. The number of nitrogens with one attached hydrogen (secondary N) is 1. The third-order valence-electron chi connectivity index (χ3n) is 5.17. The molecule has 1 amide bonds. The Bertz CT molecular complexity index is 976. The summed E-state index contributed by atoms with van der Waals surface area (Å²) in [5.74, 6) is 1.36. The van der Waals surface area contributed by atoms with Gasteiger partial charge in [0.25, 0.3) is 11.7 Å². The second-order valence-electron chi connectivity index (χ2n) is 7.38. The molecule has 7 nitrogen and oxygen atoms in total. The molecule has 1 aliphatic carbocycles. The molecule has 0 saturated heterocycles. The maximum absolute atomic E-state index is 12.4. The van der Waals surface area contributed by atoms with E-state index in [9.17, 15) is 4.79 Å². The maximum Gasteiger partial charge on any atom is 0.262 e. The van der Waals surface area contributed by atoms with Crippen LogP contribution in [0.2, 0.25) is 0 Å². The highest BCUT2D eigenvalue weighted by molar-refractivity contribution is 5.92. The Labute approximate surface area is 175 Å². The number of carbonyl (C=O) groups is 1. The molecule has 156 valence electrons. The lowest BCUT2D eigenvalue weighted by atomic mass is 9.94. The molecule has 1 saturated carbocycles. The third-order valence-corrected chi connectivity index (χ3v) is 5.17. The molecule has 0 radical (unpaired) electrons. The SMILES string of the molecule is CCOc1cc(C#N)ccc1OCC(=O)Nc1ccc2c(c1)OC1(CCCCC1)O2. The van der Waals surface area contributed by atoms with Gasteiger partial charge in [-0.2, -0.15) is 5.26 Å². The summed E-state index contributed by atoms with van der Waals surface area (Å²) in [4.78, 5) is 12.4. The number of ether oxygens (including phenoxy) is 4. The number of amides is 1. The van der Waals surface area contributed by atoms with Crippen LogP contribution >= 0.6 is 0 Å². The van der Waals surface area contributed by atoms with Gasteiger partial charge >= 0.3 is 0 Å². The molecule has 2 aromatic carbocycles. The Kier molecular flexibility index (Phi) is 5.66. The highest BCUT2D eigenvalue weighted by atomic mass is 16.7. The van der Waals surface area contributed by atoms with Gasteiger partial charge in [0.2, 0.25) is 0 Å². The second kappa shape index (κ2) is 8.54. The topological polar surface area (TPSA) is 89.8 Å². The van der Waals surface area contributed by atoms with Crippen LogP contribution in [0.4, 0.5) is 5.69 Å². The molecule has 1 heterocycles. The minimum Gasteiger partial charge on any atom is -0.490 e. The van der Waals surface area contributed by atoms with Crippen LogP contribution in [0.15, 0.2) is 36.4 Å². The average Bonchev–Trinajstić information content (AvgIpc) is 3.10. The Morgan fingerprint density at radius 2 is 1.87 bits per heavy atom. The molecular formula is C23H24N2O5. The fourth-order valence-electron chi connectivity index (χ4n) is 3.77. The van der Waals surface area contributed by atoms with Crippen molar-refractivity contribution in [2.75, 3.05) is 18.5 Å². The quantitative estimate of drug-likeness (QED) is 0.762. The first kappa shape index (κ1) is 19.9. The van der Waals surface area contributed by atoms with E-state index in [0.717, 1.165) is 25.7 Å². The molecule has 1 spiro atoms. The predicted molar refractivity (Wildman–Crippen MR) is 110 cm³/mol. The number of fused-ring (bicyclic) bond motifs is 1. The Morgan fingerprint density at radius 3 is 2.63 bits per heavy atom. The Morgan fingerprint density at radius 1 is 1.07 bits per heavy atom. The Balaban J connectivity index is 1.37. The normalized spacial score (nSPS) is 16.0. The van der Waals surface area contributed by atoms with E-state index in [1.807, 2.05) is 13.0 Å². The van der Waals surface area contributed by atoms with Gasteiger partial charge in [-0.15, -0.1) is 0 Å². The number of hydrogen-bond acceptors (Lipinski definition) is 6. The summed E-state index contributed by atoms with van der Waals surface area (Å²) in [5.41, 5.74) is 1.08. The van der Waals surface area contributed by atoms with Crippen LogP contribution in [0.25, 0.3) is 0 Å². The second-order valence-corrected chi connectivity index (χ2v) is 7.38. The number of rotatable bonds is 6. The van der Waals surface area contributed by atoms with Crippen LogP contribution in [0, 0.1) is 11.3 Å². The molecule has 0 bridgehead atoms. The van der Waals surface area contributed by atoms with Crippen molar-refractivity contribution in [3.05, 3.63) is 42.0 Å². The van der Waals surface area contributed by atoms with Crippen LogP contribution < -0.4 is 24.3 Å². The fraction of sp³-hybridized carbons (Fsp3) is 0.391. The third kappa shape index (κ3) is 4.28. The summed E-state index contributed by atoms with van der Waals surface area (Å²) < 4.78 is 23.3. The van der Waals surface area contributed by atoms with Crippen LogP contribution in [-0.2, 0) is 4.79 Å². The molecular weight excluding hydrogens is 384 g/mol. The lowest BCUT2D eigenvalue weighted by Crippen LogP contribution is -2.40. The van der Waals surface area contributed by atoms with Crippen molar-refractivity contribution in [1.82, 2.24) is 0 Å². The number of nitriles is 1. The zero-order valence-electron chi connectivity index (χ0n) is 16.9. The number of anilines is 1. The first-order chi connectivity index (χ1) is 14.6. The van der Waals surface area contributed by atoms with Crippen molar-refractivity contribution in [1.29, 1.82) is 5.26 Å². The van der Waals surface area contributed by atoms with E-state index in [4.69, 9.17) is 24.2 Å². The highest BCUT2D eigenvalue weighted by Gasteiger charge is 2.42. The van der Waals surface area contributed by atoms with Crippen molar-refractivity contribution in [3.63, 3.8) is 0 Å². The van der Waals surface area contributed by atoms with Gasteiger partial charge in [0.05, 0.1) is 18.2 Å². The van der Waals surface area contributed by atoms with E-state index in [1.54, 1.807) is 30.3 Å². The largest absolute Gasteiger partial charge is 0.490 e. The molecule has 7 heteroatoms. The molecule has 0 unspecified atom stereocenters. The van der Waals surface area contributed by atoms with E-state index in [-0.39, 0.29) is 12.5 Å². The molecule has 30 heavy (non-hydrogen) atoms. The zero-order chi connectivity index (χ0) is 21.0. The van der Waals surface area contributed by atoms with E-state index in [2.05, 4.69) is 11.4 Å². The van der Waals surface area contributed by atoms with Crippen molar-refractivity contribution >= 4 is 11.6 Å². The van der Waals surface area contributed by atoms with Crippen LogP contribution in [0.3, 0.4) is 0 Å². The molecule has 1 fully saturated rings. The van der Waals surface area contributed by atoms with Gasteiger partial charge < -0.3 is 24.3 Å². The minimum absolute atomic E-state index is 0.190. The molecule has 0 aromatic heterocycles. The first-order valence-electron chi connectivity index (χ1n) is 10.2. The molecule has 2 aliphatic rings. The van der Waals surface area contributed by atoms with E-state index in [1.165, 1.54) is 6.42 Å².